The van der Waals surface area contributed by atoms with Gasteiger partial charge in [0, 0.05) is 16.5 Å². The molecule has 1 N–H and O–H groups in total. The monoisotopic (exact) mass is 385 g/mol. The van der Waals surface area contributed by atoms with E-state index in [1.807, 2.05) is 24.3 Å². The van der Waals surface area contributed by atoms with Crippen LogP contribution in [0.4, 0.5) is 5.69 Å². The normalized spacial score (nSPS) is 11.2. The number of anilines is 1. The van der Waals surface area contributed by atoms with Crippen LogP contribution in [0.3, 0.4) is 0 Å². The Morgan fingerprint density at radius 3 is 2.19 bits per heavy atom. The molecule has 0 aliphatic carbocycles. The van der Waals surface area contributed by atoms with E-state index >= 15 is 0 Å². The first-order valence-corrected chi connectivity index (χ1v) is 9.82. The summed E-state index contributed by atoms with van der Waals surface area (Å²) in [6, 6.07) is 16.8. The molecule has 140 valence electrons. The van der Waals surface area contributed by atoms with Crippen LogP contribution in [0.2, 0.25) is 0 Å². The minimum Gasteiger partial charge on any atom is -0.497 e. The summed E-state index contributed by atoms with van der Waals surface area (Å²) >= 11 is 0. The van der Waals surface area contributed by atoms with Crippen LogP contribution in [0.5, 0.6) is 11.5 Å². The van der Waals surface area contributed by atoms with Gasteiger partial charge in [-0.25, -0.2) is 8.42 Å². The third-order valence-corrected chi connectivity index (χ3v) is 5.75. The molecule has 0 saturated carbocycles. The average Bonchev–Trinajstić information content (AvgIpc) is 2.68. The Bertz CT molecular complexity index is 1080. The highest BCUT2D eigenvalue weighted by Crippen LogP contribution is 2.31. The molecule has 27 heavy (non-hydrogen) atoms. The Morgan fingerprint density at radius 1 is 0.889 bits per heavy atom. The highest BCUT2D eigenvalue weighted by atomic mass is 32.2. The van der Waals surface area contributed by atoms with Crippen molar-refractivity contribution in [3.8, 4) is 11.5 Å². The summed E-state index contributed by atoms with van der Waals surface area (Å²) in [7, 11) is -0.696. The number of benzene rings is 3. The van der Waals surface area contributed by atoms with Gasteiger partial charge in [0.1, 0.15) is 17.3 Å². The SMILES string of the molecule is COc1ccc(S(=O)(=O)CC(=O)Nc2ccc(OC)c3ccccc23)cc1. The highest BCUT2D eigenvalue weighted by molar-refractivity contribution is 7.92. The van der Waals surface area contributed by atoms with Crippen molar-refractivity contribution in [2.45, 2.75) is 4.90 Å². The third-order valence-electron chi connectivity index (χ3n) is 4.12. The molecule has 0 aliphatic heterocycles. The van der Waals surface area contributed by atoms with Crippen LogP contribution in [0.15, 0.2) is 65.6 Å². The van der Waals surface area contributed by atoms with Gasteiger partial charge in [0.2, 0.25) is 5.91 Å². The fourth-order valence-corrected chi connectivity index (χ4v) is 3.92. The number of carbonyl (C=O) groups excluding carboxylic acids is 1. The number of amides is 1. The Morgan fingerprint density at radius 2 is 1.56 bits per heavy atom. The van der Waals surface area contributed by atoms with E-state index in [-0.39, 0.29) is 4.90 Å². The first kappa shape index (κ1) is 18.7. The quantitative estimate of drug-likeness (QED) is 0.704. The fraction of sp³-hybridized carbons (Fsp3) is 0.150. The second kappa shape index (κ2) is 7.67. The zero-order valence-electron chi connectivity index (χ0n) is 14.9. The van der Waals surface area contributed by atoms with E-state index in [1.54, 1.807) is 31.4 Å². The minimum absolute atomic E-state index is 0.0676. The smallest absolute Gasteiger partial charge is 0.239 e. The second-order valence-corrected chi connectivity index (χ2v) is 7.83. The van der Waals surface area contributed by atoms with Gasteiger partial charge in [-0.1, -0.05) is 24.3 Å². The van der Waals surface area contributed by atoms with Crippen LogP contribution < -0.4 is 14.8 Å². The molecule has 0 atom stereocenters. The second-order valence-electron chi connectivity index (χ2n) is 5.84. The molecule has 0 heterocycles. The molecule has 1 amide bonds. The molecule has 3 aromatic rings. The van der Waals surface area contributed by atoms with Gasteiger partial charge in [0.25, 0.3) is 0 Å². The van der Waals surface area contributed by atoms with E-state index in [2.05, 4.69) is 5.32 Å². The zero-order chi connectivity index (χ0) is 19.4. The minimum atomic E-state index is -3.76. The number of hydrogen-bond acceptors (Lipinski definition) is 5. The molecule has 0 fully saturated rings. The maximum absolute atomic E-state index is 12.5. The Kier molecular flexibility index (Phi) is 5.32. The van der Waals surface area contributed by atoms with Crippen LogP contribution in [-0.4, -0.2) is 34.3 Å². The van der Waals surface area contributed by atoms with Crippen molar-refractivity contribution in [2.24, 2.45) is 0 Å². The zero-order valence-corrected chi connectivity index (χ0v) is 15.7. The van der Waals surface area contributed by atoms with Crippen molar-refractivity contribution in [2.75, 3.05) is 25.3 Å². The van der Waals surface area contributed by atoms with Crippen molar-refractivity contribution >= 4 is 32.2 Å². The number of rotatable bonds is 6. The van der Waals surface area contributed by atoms with Crippen molar-refractivity contribution in [3.63, 3.8) is 0 Å². The predicted octanol–water partition coefficient (Wildman–Crippen LogP) is 3.27. The van der Waals surface area contributed by atoms with E-state index in [4.69, 9.17) is 9.47 Å². The van der Waals surface area contributed by atoms with Gasteiger partial charge < -0.3 is 14.8 Å². The molecule has 3 rings (SSSR count). The Labute approximate surface area is 157 Å². The maximum Gasteiger partial charge on any atom is 0.239 e. The number of hydrogen-bond donors (Lipinski definition) is 1. The van der Waals surface area contributed by atoms with E-state index in [0.29, 0.717) is 17.2 Å². The van der Waals surface area contributed by atoms with Gasteiger partial charge in [-0.2, -0.15) is 0 Å². The van der Waals surface area contributed by atoms with Gasteiger partial charge >= 0.3 is 0 Å². The summed E-state index contributed by atoms with van der Waals surface area (Å²) in [4.78, 5) is 12.4. The number of fused-ring (bicyclic) bond motifs is 1. The Hall–Kier alpha value is -3.06. The van der Waals surface area contributed by atoms with Gasteiger partial charge in [-0.05, 0) is 36.4 Å². The number of methoxy groups -OCH3 is 2. The van der Waals surface area contributed by atoms with Crippen LogP contribution in [0.1, 0.15) is 0 Å². The summed E-state index contributed by atoms with van der Waals surface area (Å²) in [5.41, 5.74) is 0.529. The first-order valence-electron chi connectivity index (χ1n) is 8.17. The molecule has 0 unspecified atom stereocenters. The molecule has 0 spiro atoms. The molecule has 0 bridgehead atoms. The van der Waals surface area contributed by atoms with Crippen LogP contribution >= 0.6 is 0 Å². The molecule has 0 aromatic heterocycles. The lowest BCUT2D eigenvalue weighted by Gasteiger charge is -2.12. The first-order chi connectivity index (χ1) is 12.9. The third kappa shape index (κ3) is 4.03. The van der Waals surface area contributed by atoms with Crippen LogP contribution in [0.25, 0.3) is 10.8 Å². The molecule has 0 aliphatic rings. The average molecular weight is 385 g/mol. The summed E-state index contributed by atoms with van der Waals surface area (Å²) < 4.78 is 35.3. The van der Waals surface area contributed by atoms with Crippen molar-refractivity contribution in [3.05, 3.63) is 60.7 Å². The predicted molar refractivity (Wildman–Crippen MR) is 104 cm³/mol. The number of carbonyl (C=O) groups is 1. The summed E-state index contributed by atoms with van der Waals surface area (Å²) in [6.07, 6.45) is 0. The van der Waals surface area contributed by atoms with Crippen molar-refractivity contribution in [1.29, 1.82) is 0 Å². The molecule has 3 aromatic carbocycles. The summed E-state index contributed by atoms with van der Waals surface area (Å²) in [6.45, 7) is 0. The standard InChI is InChI=1S/C20H19NO5S/c1-25-14-7-9-15(10-8-14)27(23,24)13-20(22)21-18-11-12-19(26-2)17-6-4-3-5-16(17)18/h3-12H,13H2,1-2H3,(H,21,22). The lowest BCUT2D eigenvalue weighted by Crippen LogP contribution is -2.23. The van der Waals surface area contributed by atoms with Gasteiger partial charge in [-0.3, -0.25) is 4.79 Å². The van der Waals surface area contributed by atoms with Crippen molar-refractivity contribution in [1.82, 2.24) is 0 Å². The van der Waals surface area contributed by atoms with Crippen molar-refractivity contribution < 1.29 is 22.7 Å². The summed E-state index contributed by atoms with van der Waals surface area (Å²) in [5, 5.41) is 4.29. The lowest BCUT2D eigenvalue weighted by molar-refractivity contribution is -0.113. The fourth-order valence-electron chi connectivity index (χ4n) is 2.78. The number of sulfone groups is 1. The van der Waals surface area contributed by atoms with Crippen LogP contribution in [0, 0.1) is 0 Å². The maximum atomic E-state index is 12.5. The molecular weight excluding hydrogens is 366 g/mol. The summed E-state index contributed by atoms with van der Waals surface area (Å²) in [5.74, 6) is -0.0432. The van der Waals surface area contributed by atoms with E-state index < -0.39 is 21.5 Å². The number of nitrogens with one attached hydrogen (secondary N) is 1. The Balaban J connectivity index is 1.82. The molecule has 7 heteroatoms. The van der Waals surface area contributed by atoms with Crippen LogP contribution in [-0.2, 0) is 14.6 Å². The molecule has 6 nitrogen and oxygen atoms in total. The molecule has 0 radical (unpaired) electrons. The van der Waals surface area contributed by atoms with Gasteiger partial charge in [-0.15, -0.1) is 0 Å². The molecule has 0 saturated heterocycles. The van der Waals surface area contributed by atoms with E-state index in [1.165, 1.54) is 19.2 Å². The largest absolute Gasteiger partial charge is 0.497 e. The number of ether oxygens (including phenoxy) is 2. The lowest BCUT2D eigenvalue weighted by atomic mass is 10.1. The van der Waals surface area contributed by atoms with E-state index in [9.17, 15) is 13.2 Å². The molecular formula is C20H19NO5S. The van der Waals surface area contributed by atoms with Gasteiger partial charge in [0.05, 0.1) is 19.1 Å². The topological polar surface area (TPSA) is 81.7 Å². The van der Waals surface area contributed by atoms with E-state index in [0.717, 1.165) is 10.8 Å². The van der Waals surface area contributed by atoms with Gasteiger partial charge in [0.15, 0.2) is 9.84 Å². The highest BCUT2D eigenvalue weighted by Gasteiger charge is 2.20.